The quantitative estimate of drug-likeness (QED) is 0.0647. The van der Waals surface area contributed by atoms with Crippen molar-refractivity contribution in [3.63, 3.8) is 0 Å². The van der Waals surface area contributed by atoms with Crippen LogP contribution in [0.5, 0.6) is 11.5 Å². The standard InChI is InChI=1S/C36H39BINO8/c1-20(2)26-18-27-33(36(44)39(35(27)43)25-11-7-10-24(17-25)37(45)46)28(19-40)32(26)30(41)13-12-23(22-8-5-4-6-9-22)14-21-15-29(38)34(42)31(16-21)47-3/h4-11,14-17,20,27-28,30,33,40-42,45-46H,12-13,18-19H2,1-3H3/b23-14-/t27-,28+,30-,33-/m1/s1. The summed E-state index contributed by atoms with van der Waals surface area (Å²) in [6, 6.07) is 19.4. The molecule has 47 heavy (non-hydrogen) atoms. The first-order chi connectivity index (χ1) is 22.5. The molecule has 5 rings (SSSR count). The van der Waals surface area contributed by atoms with E-state index in [9.17, 15) is 35.0 Å². The zero-order chi connectivity index (χ0) is 34.0. The number of imide groups is 1. The number of aliphatic hydroxyl groups excluding tert-OH is 2. The molecule has 4 atom stereocenters. The summed E-state index contributed by atoms with van der Waals surface area (Å²) >= 11 is 2.05. The third kappa shape index (κ3) is 7.05. The third-order valence-electron chi connectivity index (χ3n) is 9.24. The van der Waals surface area contributed by atoms with Gasteiger partial charge in [-0.25, -0.2) is 0 Å². The fourth-order valence-corrected chi connectivity index (χ4v) is 7.58. The Hall–Kier alpha value is -3.49. The van der Waals surface area contributed by atoms with Gasteiger partial charge in [0, 0.05) is 5.92 Å². The van der Waals surface area contributed by atoms with Crippen LogP contribution < -0.4 is 15.1 Å². The zero-order valence-electron chi connectivity index (χ0n) is 26.5. The number of nitrogens with zero attached hydrogens (tertiary/aromatic N) is 1. The van der Waals surface area contributed by atoms with Crippen LogP contribution in [0.4, 0.5) is 5.69 Å². The number of ether oxygens (including phenoxy) is 1. The number of hydrogen-bond acceptors (Lipinski definition) is 8. The second-order valence-corrected chi connectivity index (χ2v) is 13.5. The Labute approximate surface area is 288 Å². The van der Waals surface area contributed by atoms with Crippen LogP contribution in [0.25, 0.3) is 11.6 Å². The van der Waals surface area contributed by atoms with Gasteiger partial charge in [0.15, 0.2) is 11.5 Å². The smallest absolute Gasteiger partial charge is 0.488 e. The van der Waals surface area contributed by atoms with Gasteiger partial charge in [0.25, 0.3) is 0 Å². The lowest BCUT2D eigenvalue weighted by atomic mass is 9.66. The van der Waals surface area contributed by atoms with Crippen molar-refractivity contribution in [2.24, 2.45) is 23.7 Å². The molecular weight excluding hydrogens is 712 g/mol. The molecular formula is C36H39BINO8. The van der Waals surface area contributed by atoms with Crippen molar-refractivity contribution in [2.45, 2.75) is 39.2 Å². The fourth-order valence-electron chi connectivity index (χ4n) is 6.96. The third-order valence-corrected chi connectivity index (χ3v) is 10.1. The molecule has 1 aliphatic carbocycles. The van der Waals surface area contributed by atoms with Gasteiger partial charge in [-0.15, -0.1) is 0 Å². The van der Waals surface area contributed by atoms with Crippen molar-refractivity contribution in [3.8, 4) is 11.5 Å². The number of benzene rings is 3. The monoisotopic (exact) mass is 751 g/mol. The summed E-state index contributed by atoms with van der Waals surface area (Å²) in [4.78, 5) is 28.8. The van der Waals surface area contributed by atoms with Crippen LogP contribution in [0.3, 0.4) is 0 Å². The number of phenols is 1. The lowest BCUT2D eigenvalue weighted by Crippen LogP contribution is -2.40. The summed E-state index contributed by atoms with van der Waals surface area (Å²) in [5, 5.41) is 52.3. The number of phenolic OH excluding ortho intramolecular Hbond substituents is 1. The molecule has 5 N–H and O–H groups in total. The van der Waals surface area contributed by atoms with Crippen molar-refractivity contribution >= 4 is 64.3 Å². The summed E-state index contributed by atoms with van der Waals surface area (Å²) in [7, 11) is -0.265. The fraction of sp³-hybridized carbons (Fsp3) is 0.333. The first kappa shape index (κ1) is 34.8. The minimum absolute atomic E-state index is 0.0462. The normalized spacial score (nSPS) is 20.6. The molecule has 2 aliphatic rings. The lowest BCUT2D eigenvalue weighted by Gasteiger charge is -2.38. The number of anilines is 1. The predicted octanol–water partition coefficient (Wildman–Crippen LogP) is 4.14. The van der Waals surface area contributed by atoms with E-state index in [-0.39, 0.29) is 29.2 Å². The van der Waals surface area contributed by atoms with Crippen molar-refractivity contribution in [3.05, 3.63) is 92.6 Å². The molecule has 1 saturated heterocycles. The number of carbonyl (C=O) groups excluding carboxylic acids is 2. The van der Waals surface area contributed by atoms with Gasteiger partial charge in [-0.05, 0) is 99.8 Å². The van der Waals surface area contributed by atoms with Gasteiger partial charge in [-0.1, -0.05) is 68.0 Å². The second-order valence-electron chi connectivity index (χ2n) is 12.4. The van der Waals surface area contributed by atoms with Crippen molar-refractivity contribution < 1.29 is 39.7 Å². The van der Waals surface area contributed by atoms with E-state index in [1.807, 2.05) is 56.3 Å². The topological polar surface area (TPSA) is 148 Å². The number of fused-ring (bicyclic) bond motifs is 1. The first-order valence-electron chi connectivity index (χ1n) is 15.6. The molecule has 0 aromatic heterocycles. The number of methoxy groups -OCH3 is 1. The second kappa shape index (κ2) is 14.7. The Balaban J connectivity index is 1.47. The summed E-state index contributed by atoms with van der Waals surface area (Å²) < 4.78 is 6.00. The molecule has 1 fully saturated rings. The Kier molecular flexibility index (Phi) is 10.9. The van der Waals surface area contributed by atoms with E-state index in [0.29, 0.717) is 27.7 Å². The number of allylic oxidation sites excluding steroid dienone is 2. The maximum atomic E-state index is 13.9. The van der Waals surface area contributed by atoms with E-state index in [4.69, 9.17) is 4.74 Å². The highest BCUT2D eigenvalue weighted by molar-refractivity contribution is 14.1. The van der Waals surface area contributed by atoms with Gasteiger partial charge in [-0.3, -0.25) is 14.5 Å². The van der Waals surface area contributed by atoms with Crippen LogP contribution in [-0.4, -0.2) is 64.1 Å². The van der Waals surface area contributed by atoms with E-state index in [1.165, 1.54) is 19.2 Å². The minimum Gasteiger partial charge on any atom is -0.504 e. The largest absolute Gasteiger partial charge is 0.504 e. The maximum Gasteiger partial charge on any atom is 0.488 e. The predicted molar refractivity (Wildman–Crippen MR) is 190 cm³/mol. The van der Waals surface area contributed by atoms with Crippen molar-refractivity contribution in [1.29, 1.82) is 0 Å². The number of aromatic hydroxyl groups is 1. The summed E-state index contributed by atoms with van der Waals surface area (Å²) in [6.45, 7) is 3.55. The van der Waals surface area contributed by atoms with Gasteiger partial charge in [0.1, 0.15) is 0 Å². The van der Waals surface area contributed by atoms with Crippen LogP contribution in [0.15, 0.2) is 77.9 Å². The van der Waals surface area contributed by atoms with Gasteiger partial charge in [0.2, 0.25) is 11.8 Å². The van der Waals surface area contributed by atoms with E-state index >= 15 is 0 Å². The molecule has 0 bridgehead atoms. The van der Waals surface area contributed by atoms with Gasteiger partial charge < -0.3 is 30.1 Å². The Morgan fingerprint density at radius 2 is 1.79 bits per heavy atom. The van der Waals surface area contributed by atoms with E-state index in [0.717, 1.165) is 27.2 Å². The summed E-state index contributed by atoms with van der Waals surface area (Å²) in [6.07, 6.45) is 2.05. The van der Waals surface area contributed by atoms with Crippen LogP contribution >= 0.6 is 22.6 Å². The molecule has 246 valence electrons. The van der Waals surface area contributed by atoms with Crippen molar-refractivity contribution in [2.75, 3.05) is 18.6 Å². The SMILES string of the molecule is COc1cc(/C=C(/CC[C@@H](O)C2=C(C(C)C)C[C@H]3C(=O)N(c4cccc(B(O)O)c4)C(=O)[C@H]3[C@H]2CO)c2ccccc2)cc(I)c1O. The van der Waals surface area contributed by atoms with Crippen LogP contribution in [0.1, 0.15) is 44.2 Å². The molecule has 0 spiro atoms. The Bertz CT molecular complexity index is 1710. The lowest BCUT2D eigenvalue weighted by molar-refractivity contribution is -0.123. The average Bonchev–Trinajstić information content (AvgIpc) is 3.32. The number of amides is 2. The maximum absolute atomic E-state index is 13.9. The molecule has 11 heteroatoms. The van der Waals surface area contributed by atoms with Gasteiger partial charge in [-0.2, -0.15) is 0 Å². The molecule has 9 nitrogen and oxygen atoms in total. The van der Waals surface area contributed by atoms with E-state index < -0.39 is 49.4 Å². The van der Waals surface area contributed by atoms with E-state index in [1.54, 1.807) is 18.2 Å². The molecule has 1 aliphatic heterocycles. The first-order valence-corrected chi connectivity index (χ1v) is 16.7. The van der Waals surface area contributed by atoms with Gasteiger partial charge in [0.05, 0.1) is 40.9 Å². The van der Waals surface area contributed by atoms with Crippen LogP contribution in [0.2, 0.25) is 0 Å². The van der Waals surface area contributed by atoms with Crippen LogP contribution in [0, 0.1) is 27.2 Å². The number of carbonyl (C=O) groups is 2. The number of halogens is 1. The Morgan fingerprint density at radius 1 is 1.06 bits per heavy atom. The zero-order valence-corrected chi connectivity index (χ0v) is 28.7. The summed E-state index contributed by atoms with van der Waals surface area (Å²) in [5.74, 6) is -2.83. The number of hydrogen-bond donors (Lipinski definition) is 5. The number of aliphatic hydroxyl groups is 2. The molecule has 2 amide bonds. The molecule has 3 aromatic rings. The highest BCUT2D eigenvalue weighted by atomic mass is 127. The van der Waals surface area contributed by atoms with Crippen molar-refractivity contribution in [1.82, 2.24) is 0 Å². The Morgan fingerprint density at radius 3 is 2.43 bits per heavy atom. The number of rotatable bonds is 11. The molecule has 0 radical (unpaired) electrons. The molecule has 3 aromatic carbocycles. The molecule has 1 heterocycles. The minimum atomic E-state index is -1.76. The summed E-state index contributed by atoms with van der Waals surface area (Å²) in [5.41, 5.74) is 4.59. The highest BCUT2D eigenvalue weighted by Gasteiger charge is 2.55. The van der Waals surface area contributed by atoms with Crippen LogP contribution in [-0.2, 0) is 9.59 Å². The van der Waals surface area contributed by atoms with Gasteiger partial charge >= 0.3 is 7.12 Å². The average molecular weight is 751 g/mol. The highest BCUT2D eigenvalue weighted by Crippen LogP contribution is 2.49. The van der Waals surface area contributed by atoms with E-state index in [2.05, 4.69) is 22.6 Å². The molecule has 0 saturated carbocycles. The molecule has 0 unspecified atom stereocenters.